The zero-order valence-corrected chi connectivity index (χ0v) is 15.7. The summed E-state index contributed by atoms with van der Waals surface area (Å²) < 4.78 is 7.19. The molecule has 0 spiro atoms. The molecule has 1 N–H and O–H groups in total. The van der Waals surface area contributed by atoms with Gasteiger partial charge in [-0.3, -0.25) is 9.59 Å². The van der Waals surface area contributed by atoms with Crippen molar-refractivity contribution < 1.29 is 14.0 Å². The molecule has 1 fully saturated rings. The van der Waals surface area contributed by atoms with Crippen LogP contribution in [0.25, 0.3) is 5.69 Å². The molecule has 7 heteroatoms. The highest BCUT2D eigenvalue weighted by Crippen LogP contribution is 2.26. The second-order valence-electron chi connectivity index (χ2n) is 6.59. The summed E-state index contributed by atoms with van der Waals surface area (Å²) in [5.41, 5.74) is 0.910. The Kier molecular flexibility index (Phi) is 5.11. The second-order valence-corrected chi connectivity index (χ2v) is 7.51. The van der Waals surface area contributed by atoms with E-state index in [-0.39, 0.29) is 17.7 Å². The summed E-state index contributed by atoms with van der Waals surface area (Å²) in [4.78, 5) is 27.9. The first-order chi connectivity index (χ1) is 13.2. The summed E-state index contributed by atoms with van der Waals surface area (Å²) in [5.74, 6) is 0.758. The van der Waals surface area contributed by atoms with E-state index >= 15 is 0 Å². The molecule has 3 aromatic heterocycles. The fourth-order valence-electron chi connectivity index (χ4n) is 3.38. The lowest BCUT2D eigenvalue weighted by Gasteiger charge is -2.31. The third-order valence-corrected chi connectivity index (χ3v) is 5.78. The van der Waals surface area contributed by atoms with Crippen LogP contribution >= 0.6 is 11.3 Å². The van der Waals surface area contributed by atoms with E-state index in [2.05, 4.69) is 5.32 Å². The molecule has 0 aliphatic carbocycles. The zero-order chi connectivity index (χ0) is 18.6. The Labute approximate surface area is 161 Å². The first-order valence-electron chi connectivity index (χ1n) is 9.02. The molecule has 0 radical (unpaired) electrons. The number of thiophene rings is 1. The van der Waals surface area contributed by atoms with Gasteiger partial charge < -0.3 is 19.2 Å². The summed E-state index contributed by atoms with van der Waals surface area (Å²) in [6.45, 7) is 1.60. The molecule has 0 saturated carbocycles. The van der Waals surface area contributed by atoms with Gasteiger partial charge in [-0.2, -0.15) is 0 Å². The Morgan fingerprint density at radius 1 is 1.15 bits per heavy atom. The van der Waals surface area contributed by atoms with E-state index in [4.69, 9.17) is 4.42 Å². The van der Waals surface area contributed by atoms with E-state index in [9.17, 15) is 9.59 Å². The predicted molar refractivity (Wildman–Crippen MR) is 103 cm³/mol. The molecule has 2 amide bonds. The van der Waals surface area contributed by atoms with Gasteiger partial charge >= 0.3 is 0 Å². The standard InChI is InChI=1S/C20H21N3O3S/c24-19(21-14-16-4-3-12-26-16)15-5-10-23(11-6-15)20(25)18-17(7-13-27-18)22-8-1-2-9-22/h1-4,7-9,12-13,15H,5-6,10-11,14H2,(H,21,24). The third kappa shape index (κ3) is 3.83. The van der Waals surface area contributed by atoms with Gasteiger partial charge in [0.1, 0.15) is 10.6 Å². The number of piperidine rings is 1. The van der Waals surface area contributed by atoms with Crippen LogP contribution in [0.3, 0.4) is 0 Å². The molecule has 1 aliphatic rings. The largest absolute Gasteiger partial charge is 0.467 e. The van der Waals surface area contributed by atoms with Crippen LogP contribution in [0.1, 0.15) is 28.3 Å². The molecular formula is C20H21N3O3S. The normalized spacial score (nSPS) is 15.0. The van der Waals surface area contributed by atoms with Crippen molar-refractivity contribution in [2.24, 2.45) is 5.92 Å². The van der Waals surface area contributed by atoms with Crippen LogP contribution in [-0.4, -0.2) is 34.4 Å². The highest BCUT2D eigenvalue weighted by atomic mass is 32.1. The van der Waals surface area contributed by atoms with E-state index in [0.29, 0.717) is 32.5 Å². The molecule has 6 nitrogen and oxygen atoms in total. The Bertz CT molecular complexity index is 891. The van der Waals surface area contributed by atoms with Gasteiger partial charge in [0.05, 0.1) is 18.5 Å². The number of carbonyl (C=O) groups excluding carboxylic acids is 2. The summed E-state index contributed by atoms with van der Waals surface area (Å²) in [6, 6.07) is 9.49. The fraction of sp³-hybridized carbons (Fsp3) is 0.300. The maximum Gasteiger partial charge on any atom is 0.266 e. The van der Waals surface area contributed by atoms with Crippen LogP contribution in [-0.2, 0) is 11.3 Å². The minimum atomic E-state index is -0.0590. The molecule has 0 aromatic carbocycles. The number of aromatic nitrogens is 1. The van der Waals surface area contributed by atoms with Gasteiger partial charge in [0.15, 0.2) is 0 Å². The Morgan fingerprint density at radius 2 is 1.93 bits per heavy atom. The Balaban J connectivity index is 1.33. The molecule has 1 saturated heterocycles. The van der Waals surface area contributed by atoms with Crippen molar-refractivity contribution in [2.75, 3.05) is 13.1 Å². The predicted octanol–water partition coefficient (Wildman–Crippen LogP) is 3.30. The van der Waals surface area contributed by atoms with Gasteiger partial charge in [-0.1, -0.05) is 0 Å². The van der Waals surface area contributed by atoms with Crippen LogP contribution in [0.15, 0.2) is 58.8 Å². The zero-order valence-electron chi connectivity index (χ0n) is 14.8. The van der Waals surface area contributed by atoms with Crippen molar-refractivity contribution in [2.45, 2.75) is 19.4 Å². The topological polar surface area (TPSA) is 67.5 Å². The van der Waals surface area contributed by atoms with E-state index in [1.165, 1.54) is 11.3 Å². The van der Waals surface area contributed by atoms with Crippen molar-refractivity contribution >= 4 is 23.2 Å². The van der Waals surface area contributed by atoms with Crippen LogP contribution < -0.4 is 5.32 Å². The number of likely N-dealkylation sites (tertiary alicyclic amines) is 1. The number of hydrogen-bond acceptors (Lipinski definition) is 4. The van der Waals surface area contributed by atoms with Gasteiger partial charge in [0.2, 0.25) is 5.91 Å². The minimum Gasteiger partial charge on any atom is -0.467 e. The quantitative estimate of drug-likeness (QED) is 0.735. The first-order valence-corrected chi connectivity index (χ1v) is 9.90. The number of furan rings is 1. The average Bonchev–Trinajstić information content (AvgIpc) is 3.47. The lowest BCUT2D eigenvalue weighted by Crippen LogP contribution is -2.42. The number of nitrogens with zero attached hydrogens (tertiary/aromatic N) is 2. The van der Waals surface area contributed by atoms with Gasteiger partial charge in [-0.25, -0.2) is 0 Å². The molecule has 4 rings (SSSR count). The summed E-state index contributed by atoms with van der Waals surface area (Å²) in [5, 5.41) is 4.86. The van der Waals surface area contributed by atoms with Crippen molar-refractivity contribution in [3.63, 3.8) is 0 Å². The molecular weight excluding hydrogens is 362 g/mol. The lowest BCUT2D eigenvalue weighted by molar-refractivity contribution is -0.126. The van der Waals surface area contributed by atoms with Crippen molar-refractivity contribution in [3.05, 3.63) is 65.0 Å². The highest BCUT2D eigenvalue weighted by Gasteiger charge is 2.29. The SMILES string of the molecule is O=C(NCc1ccco1)C1CCN(C(=O)c2sccc2-n2cccc2)CC1. The molecule has 4 heterocycles. The van der Waals surface area contributed by atoms with Crippen molar-refractivity contribution in [1.82, 2.24) is 14.8 Å². The van der Waals surface area contributed by atoms with Gasteiger partial charge in [0, 0.05) is 31.4 Å². The van der Waals surface area contributed by atoms with E-state index in [1.54, 1.807) is 12.3 Å². The fourth-order valence-corrected chi connectivity index (χ4v) is 4.24. The first kappa shape index (κ1) is 17.6. The summed E-state index contributed by atoms with van der Waals surface area (Å²) in [6.07, 6.45) is 6.83. The average molecular weight is 383 g/mol. The third-order valence-electron chi connectivity index (χ3n) is 4.89. The smallest absolute Gasteiger partial charge is 0.266 e. The van der Waals surface area contributed by atoms with E-state index in [0.717, 1.165) is 16.3 Å². The van der Waals surface area contributed by atoms with E-state index < -0.39 is 0 Å². The molecule has 0 unspecified atom stereocenters. The molecule has 140 valence electrons. The Morgan fingerprint density at radius 3 is 2.63 bits per heavy atom. The number of amides is 2. The number of nitrogens with one attached hydrogen (secondary N) is 1. The monoisotopic (exact) mass is 383 g/mol. The van der Waals surface area contributed by atoms with Crippen LogP contribution in [0.5, 0.6) is 0 Å². The lowest BCUT2D eigenvalue weighted by atomic mass is 9.95. The summed E-state index contributed by atoms with van der Waals surface area (Å²) >= 11 is 1.46. The molecule has 27 heavy (non-hydrogen) atoms. The maximum atomic E-state index is 12.9. The van der Waals surface area contributed by atoms with E-state index in [1.807, 2.05) is 51.5 Å². The van der Waals surface area contributed by atoms with Gasteiger partial charge in [-0.05, 0) is 48.6 Å². The van der Waals surface area contributed by atoms with Gasteiger partial charge in [0.25, 0.3) is 5.91 Å². The molecule has 3 aromatic rings. The van der Waals surface area contributed by atoms with Crippen molar-refractivity contribution in [1.29, 1.82) is 0 Å². The van der Waals surface area contributed by atoms with Crippen LogP contribution in [0, 0.1) is 5.92 Å². The summed E-state index contributed by atoms with van der Waals surface area (Å²) in [7, 11) is 0. The second kappa shape index (κ2) is 7.84. The number of rotatable bonds is 5. The van der Waals surface area contributed by atoms with Crippen molar-refractivity contribution in [3.8, 4) is 5.69 Å². The van der Waals surface area contributed by atoms with Crippen LogP contribution in [0.4, 0.5) is 0 Å². The minimum absolute atomic E-state index is 0.0302. The molecule has 1 aliphatic heterocycles. The maximum absolute atomic E-state index is 12.9. The Hall–Kier alpha value is -2.80. The molecule has 0 atom stereocenters. The molecule has 0 bridgehead atoms. The van der Waals surface area contributed by atoms with Crippen LogP contribution in [0.2, 0.25) is 0 Å². The van der Waals surface area contributed by atoms with Gasteiger partial charge in [-0.15, -0.1) is 11.3 Å². The highest BCUT2D eigenvalue weighted by molar-refractivity contribution is 7.12. The number of carbonyl (C=O) groups is 2. The number of hydrogen-bond donors (Lipinski definition) is 1.